The predicted molar refractivity (Wildman–Crippen MR) is 111 cm³/mol. The van der Waals surface area contributed by atoms with E-state index in [0.717, 1.165) is 33.8 Å². The van der Waals surface area contributed by atoms with Crippen molar-refractivity contribution in [3.8, 4) is 0 Å². The Morgan fingerprint density at radius 2 is 1.96 bits per heavy atom. The first-order valence-electron chi connectivity index (χ1n) is 9.52. The van der Waals surface area contributed by atoms with Crippen LogP contribution in [0, 0.1) is 0 Å². The summed E-state index contributed by atoms with van der Waals surface area (Å²) >= 11 is 1.62. The fraction of sp³-hybridized carbons (Fsp3) is 0.318. The number of thiazole rings is 1. The number of amides is 2. The zero-order valence-corrected chi connectivity index (χ0v) is 16.9. The predicted octanol–water partition coefficient (Wildman–Crippen LogP) is 4.25. The highest BCUT2D eigenvalue weighted by molar-refractivity contribution is 7.18. The SMILES string of the molecule is C[C@H](c1nc2ccccc2s1)N(C)C(=O)c1ccc(CN2CCCC2=O)cc1. The number of benzene rings is 2. The van der Waals surface area contributed by atoms with E-state index in [4.69, 9.17) is 0 Å². The molecule has 0 saturated carbocycles. The Morgan fingerprint density at radius 3 is 2.64 bits per heavy atom. The molecule has 2 amide bonds. The van der Waals surface area contributed by atoms with Gasteiger partial charge in [0.1, 0.15) is 5.01 Å². The van der Waals surface area contributed by atoms with Gasteiger partial charge in [0.05, 0.1) is 16.3 Å². The van der Waals surface area contributed by atoms with Crippen molar-refractivity contribution in [2.24, 2.45) is 0 Å². The van der Waals surface area contributed by atoms with Crippen LogP contribution in [0.3, 0.4) is 0 Å². The van der Waals surface area contributed by atoms with Crippen LogP contribution in [-0.4, -0.2) is 40.2 Å². The smallest absolute Gasteiger partial charge is 0.254 e. The molecule has 0 aliphatic carbocycles. The van der Waals surface area contributed by atoms with Gasteiger partial charge in [0, 0.05) is 32.1 Å². The number of hydrogen-bond acceptors (Lipinski definition) is 4. The Balaban J connectivity index is 1.46. The molecule has 0 unspecified atom stereocenters. The summed E-state index contributed by atoms with van der Waals surface area (Å²) in [4.78, 5) is 33.0. The first kappa shape index (κ1) is 18.6. The van der Waals surface area contributed by atoms with Crippen molar-refractivity contribution in [2.75, 3.05) is 13.6 Å². The summed E-state index contributed by atoms with van der Waals surface area (Å²) in [6.07, 6.45) is 1.58. The van der Waals surface area contributed by atoms with Crippen LogP contribution >= 0.6 is 11.3 Å². The number of likely N-dealkylation sites (tertiary alicyclic amines) is 1. The van der Waals surface area contributed by atoms with Crippen LogP contribution in [-0.2, 0) is 11.3 Å². The van der Waals surface area contributed by atoms with Gasteiger partial charge in [0.2, 0.25) is 5.91 Å². The van der Waals surface area contributed by atoms with Crippen LogP contribution in [0.4, 0.5) is 0 Å². The average molecular weight is 394 g/mol. The van der Waals surface area contributed by atoms with Gasteiger partial charge in [-0.05, 0) is 43.2 Å². The largest absolute Gasteiger partial charge is 0.338 e. The maximum atomic E-state index is 12.9. The lowest BCUT2D eigenvalue weighted by Gasteiger charge is -2.23. The van der Waals surface area contributed by atoms with Crippen molar-refractivity contribution < 1.29 is 9.59 Å². The molecule has 0 spiro atoms. The van der Waals surface area contributed by atoms with Crippen molar-refractivity contribution in [2.45, 2.75) is 32.4 Å². The minimum Gasteiger partial charge on any atom is -0.338 e. The molecule has 3 aromatic rings. The molecule has 4 rings (SSSR count). The Hall–Kier alpha value is -2.73. The average Bonchev–Trinajstić information content (AvgIpc) is 3.33. The van der Waals surface area contributed by atoms with E-state index in [9.17, 15) is 9.59 Å². The van der Waals surface area contributed by atoms with Crippen LogP contribution in [0.5, 0.6) is 0 Å². The molecule has 144 valence electrons. The molecule has 5 nitrogen and oxygen atoms in total. The van der Waals surface area contributed by atoms with Crippen molar-refractivity contribution >= 4 is 33.4 Å². The molecule has 1 atom stereocenters. The number of hydrogen-bond donors (Lipinski definition) is 0. The fourth-order valence-corrected chi connectivity index (χ4v) is 4.52. The van der Waals surface area contributed by atoms with E-state index in [-0.39, 0.29) is 17.9 Å². The number of carbonyl (C=O) groups is 2. The summed E-state index contributed by atoms with van der Waals surface area (Å²) in [5.41, 5.74) is 2.66. The monoisotopic (exact) mass is 393 g/mol. The highest BCUT2D eigenvalue weighted by Gasteiger charge is 2.23. The van der Waals surface area contributed by atoms with Crippen LogP contribution < -0.4 is 0 Å². The summed E-state index contributed by atoms with van der Waals surface area (Å²) in [7, 11) is 1.82. The normalized spacial score (nSPS) is 15.2. The molecular formula is C22H23N3O2S. The zero-order chi connectivity index (χ0) is 19.7. The van der Waals surface area contributed by atoms with Gasteiger partial charge in [-0.3, -0.25) is 9.59 Å². The molecule has 1 aromatic heterocycles. The molecule has 6 heteroatoms. The van der Waals surface area contributed by atoms with Crippen LogP contribution in [0.1, 0.15) is 46.7 Å². The van der Waals surface area contributed by atoms with Gasteiger partial charge in [-0.1, -0.05) is 24.3 Å². The molecule has 28 heavy (non-hydrogen) atoms. The van der Waals surface area contributed by atoms with E-state index in [0.29, 0.717) is 18.5 Å². The van der Waals surface area contributed by atoms with Crippen molar-refractivity contribution in [3.05, 3.63) is 64.7 Å². The number of rotatable bonds is 5. The standard InChI is InChI=1S/C22H23N3O2S/c1-15(21-23-18-6-3-4-7-19(18)28-21)24(2)22(27)17-11-9-16(10-12-17)14-25-13-5-8-20(25)26/h3-4,6-7,9-12,15H,5,8,13-14H2,1-2H3/t15-/m1/s1. The van der Waals surface area contributed by atoms with Crippen molar-refractivity contribution in [1.82, 2.24) is 14.8 Å². The van der Waals surface area contributed by atoms with Gasteiger partial charge in [-0.2, -0.15) is 0 Å². The molecule has 2 heterocycles. The number of nitrogens with zero attached hydrogens (tertiary/aromatic N) is 3. The second-order valence-electron chi connectivity index (χ2n) is 7.23. The number of aromatic nitrogens is 1. The van der Waals surface area contributed by atoms with E-state index in [1.807, 2.05) is 61.3 Å². The van der Waals surface area contributed by atoms with E-state index in [1.54, 1.807) is 16.2 Å². The maximum Gasteiger partial charge on any atom is 0.254 e. The van der Waals surface area contributed by atoms with Gasteiger partial charge in [0.15, 0.2) is 0 Å². The summed E-state index contributed by atoms with van der Waals surface area (Å²) < 4.78 is 1.13. The summed E-state index contributed by atoms with van der Waals surface area (Å²) in [5.74, 6) is 0.181. The Labute approximate surface area is 168 Å². The molecule has 0 radical (unpaired) electrons. The van der Waals surface area contributed by atoms with Crippen LogP contribution in [0.2, 0.25) is 0 Å². The first-order chi connectivity index (χ1) is 13.5. The Morgan fingerprint density at radius 1 is 1.21 bits per heavy atom. The van der Waals surface area contributed by atoms with Crippen molar-refractivity contribution in [1.29, 1.82) is 0 Å². The lowest BCUT2D eigenvalue weighted by Crippen LogP contribution is -2.29. The third-order valence-electron chi connectivity index (χ3n) is 5.31. The molecule has 2 aromatic carbocycles. The Kier molecular flexibility index (Phi) is 5.13. The topological polar surface area (TPSA) is 53.5 Å². The molecule has 1 fully saturated rings. The third kappa shape index (κ3) is 3.64. The summed E-state index contributed by atoms with van der Waals surface area (Å²) in [5, 5.41) is 0.932. The summed E-state index contributed by atoms with van der Waals surface area (Å²) in [6.45, 7) is 3.44. The van der Waals surface area contributed by atoms with E-state index in [2.05, 4.69) is 11.1 Å². The first-order valence-corrected chi connectivity index (χ1v) is 10.3. The third-order valence-corrected chi connectivity index (χ3v) is 6.52. The van der Waals surface area contributed by atoms with E-state index < -0.39 is 0 Å². The Bertz CT molecular complexity index is 979. The van der Waals surface area contributed by atoms with Crippen LogP contribution in [0.25, 0.3) is 10.2 Å². The second-order valence-corrected chi connectivity index (χ2v) is 8.29. The number of fused-ring (bicyclic) bond motifs is 1. The van der Waals surface area contributed by atoms with E-state index in [1.165, 1.54) is 0 Å². The van der Waals surface area contributed by atoms with E-state index >= 15 is 0 Å². The molecular weight excluding hydrogens is 370 g/mol. The minimum absolute atomic E-state index is 0.0319. The molecule has 0 N–H and O–H groups in total. The maximum absolute atomic E-state index is 12.9. The highest BCUT2D eigenvalue weighted by atomic mass is 32.1. The van der Waals surface area contributed by atoms with Crippen molar-refractivity contribution in [3.63, 3.8) is 0 Å². The van der Waals surface area contributed by atoms with Gasteiger partial charge in [-0.25, -0.2) is 4.98 Å². The molecule has 1 aliphatic rings. The summed E-state index contributed by atoms with van der Waals surface area (Å²) in [6, 6.07) is 15.5. The second kappa shape index (κ2) is 7.72. The minimum atomic E-state index is -0.105. The van der Waals surface area contributed by atoms with Gasteiger partial charge in [-0.15, -0.1) is 11.3 Å². The van der Waals surface area contributed by atoms with Gasteiger partial charge in [0.25, 0.3) is 5.91 Å². The lowest BCUT2D eigenvalue weighted by atomic mass is 10.1. The molecule has 1 saturated heterocycles. The molecule has 1 aliphatic heterocycles. The quantitative estimate of drug-likeness (QED) is 0.651. The zero-order valence-electron chi connectivity index (χ0n) is 16.1. The van der Waals surface area contributed by atoms with Gasteiger partial charge >= 0.3 is 0 Å². The number of para-hydroxylation sites is 1. The molecule has 0 bridgehead atoms. The number of carbonyl (C=O) groups excluding carboxylic acids is 2. The highest BCUT2D eigenvalue weighted by Crippen LogP contribution is 2.29. The van der Waals surface area contributed by atoms with Crippen LogP contribution in [0.15, 0.2) is 48.5 Å². The van der Waals surface area contributed by atoms with Gasteiger partial charge < -0.3 is 9.80 Å². The lowest BCUT2D eigenvalue weighted by molar-refractivity contribution is -0.128. The fourth-order valence-electron chi connectivity index (χ4n) is 3.46.